The van der Waals surface area contributed by atoms with Crippen LogP contribution in [-0.4, -0.2) is 44.3 Å². The van der Waals surface area contributed by atoms with Crippen LogP contribution in [0.5, 0.6) is 11.5 Å². The minimum atomic E-state index is 0.378. The van der Waals surface area contributed by atoms with Gasteiger partial charge < -0.3 is 19.7 Å². The highest BCUT2D eigenvalue weighted by Gasteiger charge is 2.24. The van der Waals surface area contributed by atoms with Gasteiger partial charge in [0.25, 0.3) is 0 Å². The van der Waals surface area contributed by atoms with E-state index in [4.69, 9.17) is 9.47 Å². The van der Waals surface area contributed by atoms with E-state index in [0.717, 1.165) is 23.7 Å². The summed E-state index contributed by atoms with van der Waals surface area (Å²) in [7, 11) is 1.68. The van der Waals surface area contributed by atoms with Gasteiger partial charge in [-0.3, -0.25) is 0 Å². The number of fused-ring (bicyclic) bond motifs is 1. The van der Waals surface area contributed by atoms with Crippen molar-refractivity contribution in [1.82, 2.24) is 4.90 Å². The van der Waals surface area contributed by atoms with Gasteiger partial charge in [0.05, 0.1) is 18.8 Å². The molecule has 0 spiro atoms. The molecule has 0 radical (unpaired) electrons. The number of rotatable bonds is 3. The Hall–Kier alpha value is -1.42. The average molecular weight is 248 g/mol. The van der Waals surface area contributed by atoms with E-state index in [2.05, 4.69) is 10.2 Å². The number of hydrogen-bond acceptors (Lipinski definition) is 4. The third-order valence-electron chi connectivity index (χ3n) is 3.66. The number of methoxy groups -OCH3 is 1. The second kappa shape index (κ2) is 5.06. The van der Waals surface area contributed by atoms with E-state index in [1.54, 1.807) is 7.11 Å². The van der Waals surface area contributed by atoms with Gasteiger partial charge in [0, 0.05) is 6.54 Å². The fourth-order valence-electron chi connectivity index (χ4n) is 2.76. The average Bonchev–Trinajstić information content (AvgIpc) is 2.90. The summed E-state index contributed by atoms with van der Waals surface area (Å²) in [6.07, 6.45) is 2.66. The van der Waals surface area contributed by atoms with Crippen LogP contribution >= 0.6 is 0 Å². The molecule has 2 heterocycles. The molecular formula is C14H20N2O2. The Balaban J connectivity index is 1.69. The van der Waals surface area contributed by atoms with Crippen molar-refractivity contribution in [3.8, 4) is 11.5 Å². The fourth-order valence-corrected chi connectivity index (χ4v) is 2.76. The number of benzene rings is 1. The Bertz CT molecular complexity index is 416. The van der Waals surface area contributed by atoms with Crippen LogP contribution in [0.3, 0.4) is 0 Å². The summed E-state index contributed by atoms with van der Waals surface area (Å²) in [5.74, 6) is 1.65. The molecule has 1 aromatic rings. The summed E-state index contributed by atoms with van der Waals surface area (Å²) < 4.78 is 11.2. The maximum atomic E-state index is 5.85. The normalized spacial score (nSPS) is 23.1. The molecule has 0 amide bonds. The van der Waals surface area contributed by atoms with E-state index in [1.807, 2.05) is 18.2 Å². The van der Waals surface area contributed by atoms with Crippen molar-refractivity contribution in [3.63, 3.8) is 0 Å². The van der Waals surface area contributed by atoms with Gasteiger partial charge in [-0.05, 0) is 38.1 Å². The van der Waals surface area contributed by atoms with Crippen LogP contribution in [0, 0.1) is 0 Å². The zero-order valence-corrected chi connectivity index (χ0v) is 10.8. The number of nitrogens with zero attached hydrogens (tertiary/aromatic N) is 1. The third kappa shape index (κ3) is 2.25. The van der Waals surface area contributed by atoms with Crippen molar-refractivity contribution in [2.24, 2.45) is 0 Å². The minimum Gasteiger partial charge on any atom is -0.493 e. The van der Waals surface area contributed by atoms with Crippen molar-refractivity contribution in [3.05, 3.63) is 18.2 Å². The van der Waals surface area contributed by atoms with Crippen molar-refractivity contribution >= 4 is 5.69 Å². The Morgan fingerprint density at radius 2 is 2.22 bits per heavy atom. The highest BCUT2D eigenvalue weighted by Crippen LogP contribution is 2.37. The van der Waals surface area contributed by atoms with Crippen LogP contribution in [0.4, 0.5) is 5.69 Å². The Morgan fingerprint density at radius 1 is 1.39 bits per heavy atom. The molecule has 1 fully saturated rings. The lowest BCUT2D eigenvalue weighted by Gasteiger charge is -2.31. The molecular weight excluding hydrogens is 228 g/mol. The van der Waals surface area contributed by atoms with E-state index in [-0.39, 0.29) is 0 Å². The summed E-state index contributed by atoms with van der Waals surface area (Å²) >= 11 is 0. The topological polar surface area (TPSA) is 33.7 Å². The molecule has 3 rings (SSSR count). The highest BCUT2D eigenvalue weighted by molar-refractivity contribution is 5.64. The van der Waals surface area contributed by atoms with Crippen LogP contribution in [0.1, 0.15) is 12.8 Å². The van der Waals surface area contributed by atoms with E-state index in [9.17, 15) is 0 Å². The summed E-state index contributed by atoms with van der Waals surface area (Å²) in [5.41, 5.74) is 1.05. The molecule has 0 aromatic heterocycles. The van der Waals surface area contributed by atoms with Gasteiger partial charge in [0.1, 0.15) is 6.61 Å². The third-order valence-corrected chi connectivity index (χ3v) is 3.66. The molecule has 0 bridgehead atoms. The molecule has 4 nitrogen and oxygen atoms in total. The molecule has 1 saturated heterocycles. The molecule has 1 aromatic carbocycles. The molecule has 0 aliphatic carbocycles. The predicted molar refractivity (Wildman–Crippen MR) is 71.6 cm³/mol. The number of nitrogens with one attached hydrogen (secondary N) is 1. The Kier molecular flexibility index (Phi) is 3.28. The molecule has 1 atom stereocenters. The highest BCUT2D eigenvalue weighted by atomic mass is 16.5. The largest absolute Gasteiger partial charge is 0.493 e. The van der Waals surface area contributed by atoms with Crippen LogP contribution in [0.25, 0.3) is 0 Å². The summed E-state index contributed by atoms with van der Waals surface area (Å²) in [6.45, 7) is 4.23. The van der Waals surface area contributed by atoms with Gasteiger partial charge in [-0.15, -0.1) is 0 Å². The first-order valence-electron chi connectivity index (χ1n) is 6.65. The molecule has 2 aliphatic rings. The Labute approximate surface area is 108 Å². The Morgan fingerprint density at radius 3 is 3.00 bits per heavy atom. The molecule has 1 N–H and O–H groups in total. The van der Waals surface area contributed by atoms with Gasteiger partial charge in [-0.25, -0.2) is 0 Å². The van der Waals surface area contributed by atoms with Gasteiger partial charge in [-0.1, -0.05) is 6.07 Å². The van der Waals surface area contributed by atoms with E-state index >= 15 is 0 Å². The maximum Gasteiger partial charge on any atom is 0.184 e. The second-order valence-corrected chi connectivity index (χ2v) is 5.00. The number of ether oxygens (including phenoxy) is 2. The van der Waals surface area contributed by atoms with Crippen LogP contribution < -0.4 is 14.8 Å². The zero-order valence-electron chi connectivity index (χ0n) is 10.8. The predicted octanol–water partition coefficient (Wildman–Crippen LogP) is 1.96. The van der Waals surface area contributed by atoms with Crippen molar-refractivity contribution in [2.45, 2.75) is 18.9 Å². The monoisotopic (exact) mass is 248 g/mol. The van der Waals surface area contributed by atoms with Gasteiger partial charge in [0.15, 0.2) is 11.5 Å². The summed E-state index contributed by atoms with van der Waals surface area (Å²) in [5, 5.41) is 3.55. The van der Waals surface area contributed by atoms with E-state index in [0.29, 0.717) is 12.6 Å². The molecule has 4 heteroatoms. The lowest BCUT2D eigenvalue weighted by molar-refractivity contribution is 0.229. The summed E-state index contributed by atoms with van der Waals surface area (Å²) in [6, 6.07) is 6.35. The summed E-state index contributed by atoms with van der Waals surface area (Å²) in [4.78, 5) is 2.51. The van der Waals surface area contributed by atoms with Gasteiger partial charge in [0.2, 0.25) is 0 Å². The number of likely N-dealkylation sites (tertiary alicyclic amines) is 1. The first kappa shape index (κ1) is 11.7. The smallest absolute Gasteiger partial charge is 0.184 e. The fraction of sp³-hybridized carbons (Fsp3) is 0.571. The van der Waals surface area contributed by atoms with Gasteiger partial charge in [-0.2, -0.15) is 0 Å². The van der Waals surface area contributed by atoms with E-state index < -0.39 is 0 Å². The first-order valence-corrected chi connectivity index (χ1v) is 6.65. The van der Waals surface area contributed by atoms with Crippen molar-refractivity contribution in [1.29, 1.82) is 0 Å². The molecule has 18 heavy (non-hydrogen) atoms. The number of hydrogen-bond donors (Lipinski definition) is 1. The second-order valence-electron chi connectivity index (χ2n) is 5.00. The van der Waals surface area contributed by atoms with Crippen LogP contribution in [0.2, 0.25) is 0 Å². The van der Waals surface area contributed by atoms with E-state index in [1.165, 1.54) is 25.9 Å². The van der Waals surface area contributed by atoms with Gasteiger partial charge >= 0.3 is 0 Å². The van der Waals surface area contributed by atoms with Crippen molar-refractivity contribution < 1.29 is 9.47 Å². The van der Waals surface area contributed by atoms with Crippen LogP contribution in [-0.2, 0) is 0 Å². The number of para-hydroxylation sites is 1. The first-order chi connectivity index (χ1) is 8.86. The lowest BCUT2D eigenvalue weighted by Crippen LogP contribution is -2.41. The lowest BCUT2D eigenvalue weighted by atomic mass is 10.2. The SMILES string of the molecule is COc1cccc2c1OCC(CN1CCCC1)N2. The van der Waals surface area contributed by atoms with Crippen molar-refractivity contribution in [2.75, 3.05) is 38.7 Å². The quantitative estimate of drug-likeness (QED) is 0.886. The minimum absolute atomic E-state index is 0.378. The molecule has 1 unspecified atom stereocenters. The standard InChI is InChI=1S/C14H20N2O2/c1-17-13-6-4-5-12-14(13)18-10-11(15-12)9-16-7-2-3-8-16/h4-6,11,15H,2-3,7-10H2,1H3. The molecule has 0 saturated carbocycles. The maximum absolute atomic E-state index is 5.85. The van der Waals surface area contributed by atoms with Crippen LogP contribution in [0.15, 0.2) is 18.2 Å². The molecule has 98 valence electrons. The zero-order chi connectivity index (χ0) is 12.4. The molecule has 2 aliphatic heterocycles. The number of anilines is 1.